The van der Waals surface area contributed by atoms with Gasteiger partial charge in [0.1, 0.15) is 11.6 Å². The van der Waals surface area contributed by atoms with Gasteiger partial charge in [-0.15, -0.1) is 0 Å². The highest BCUT2D eigenvalue weighted by atomic mass is 127. The number of hydrogen-bond donors (Lipinski definition) is 0. The van der Waals surface area contributed by atoms with Crippen LogP contribution in [0.15, 0.2) is 85.7 Å². The molecule has 0 amide bonds. The van der Waals surface area contributed by atoms with Crippen molar-refractivity contribution in [2.75, 3.05) is 0 Å². The summed E-state index contributed by atoms with van der Waals surface area (Å²) in [4.78, 5) is 8.87. The Hall–Kier alpha value is -3.75. The zero-order chi connectivity index (χ0) is 29.6. The molecule has 212 valence electrons. The maximum absolute atomic E-state index is 13.1. The van der Waals surface area contributed by atoms with Gasteiger partial charge in [0.25, 0.3) is 0 Å². The summed E-state index contributed by atoms with van der Waals surface area (Å²) >= 11 is 2.19. The monoisotopic (exact) mass is 678 g/mol. The van der Waals surface area contributed by atoms with E-state index >= 15 is 0 Å². The molecule has 2 aromatic carbocycles. The third-order valence-corrected chi connectivity index (χ3v) is 8.32. The molecule has 1 saturated heterocycles. The Morgan fingerprint density at radius 1 is 0.643 bits per heavy atom. The fourth-order valence-corrected chi connectivity index (χ4v) is 4.97. The van der Waals surface area contributed by atoms with Crippen molar-refractivity contribution in [3.8, 4) is 22.3 Å². The zero-order valence-electron chi connectivity index (χ0n) is 23.3. The van der Waals surface area contributed by atoms with E-state index in [1.165, 1.54) is 24.3 Å². The van der Waals surface area contributed by atoms with Crippen LogP contribution in [0.2, 0.25) is 0 Å². The lowest BCUT2D eigenvalue weighted by atomic mass is 9.81. The van der Waals surface area contributed by atoms with Crippen LogP contribution in [-0.4, -0.2) is 47.5 Å². The van der Waals surface area contributed by atoms with Gasteiger partial charge in [0.15, 0.2) is 11.3 Å². The summed E-state index contributed by atoms with van der Waals surface area (Å²) < 4.78 is 42.5. The first-order valence-electron chi connectivity index (χ1n) is 13.2. The largest absolute Gasteiger partial charge is 0.500 e. The molecule has 4 aromatic heterocycles. The van der Waals surface area contributed by atoms with Crippen LogP contribution in [0, 0.1) is 15.2 Å². The summed E-state index contributed by atoms with van der Waals surface area (Å²) in [5, 5.41) is 8.58. The Morgan fingerprint density at radius 2 is 1.10 bits per heavy atom. The average Bonchev–Trinajstić information content (AvgIpc) is 3.62. The van der Waals surface area contributed by atoms with Gasteiger partial charge in [-0.05, 0) is 85.7 Å². The lowest BCUT2D eigenvalue weighted by molar-refractivity contribution is 0.00578. The molecule has 7 rings (SSSR count). The second kappa shape index (κ2) is 10.8. The fraction of sp³-hybridized carbons (Fsp3) is 0.200. The van der Waals surface area contributed by atoms with Crippen molar-refractivity contribution in [2.24, 2.45) is 0 Å². The van der Waals surface area contributed by atoms with Gasteiger partial charge in [-0.25, -0.2) is 27.8 Å². The Kier molecular flexibility index (Phi) is 7.31. The van der Waals surface area contributed by atoms with E-state index in [-0.39, 0.29) is 11.6 Å². The van der Waals surface area contributed by atoms with Crippen molar-refractivity contribution < 1.29 is 18.1 Å². The summed E-state index contributed by atoms with van der Waals surface area (Å²) in [6.45, 7) is 8.05. The summed E-state index contributed by atoms with van der Waals surface area (Å²) in [7, 11) is -0.508. The average molecular weight is 678 g/mol. The van der Waals surface area contributed by atoms with Crippen molar-refractivity contribution in [1.29, 1.82) is 0 Å². The predicted octanol–water partition coefficient (Wildman–Crippen LogP) is 5.97. The zero-order valence-corrected chi connectivity index (χ0v) is 25.5. The minimum Gasteiger partial charge on any atom is -0.399 e. The number of benzene rings is 2. The van der Waals surface area contributed by atoms with Gasteiger partial charge in [-0.1, -0.05) is 24.3 Å². The number of nitrogens with zero attached hydrogens (tertiary/aromatic N) is 6. The first-order chi connectivity index (χ1) is 20.0. The van der Waals surface area contributed by atoms with E-state index in [4.69, 9.17) is 9.31 Å². The molecular formula is C30H26BF2IN6O2. The summed E-state index contributed by atoms with van der Waals surface area (Å²) in [6, 6.07) is 12.6. The van der Waals surface area contributed by atoms with E-state index in [1.807, 2.05) is 40.1 Å². The van der Waals surface area contributed by atoms with Crippen LogP contribution >= 0.6 is 22.6 Å². The number of halogens is 3. The molecule has 1 aliphatic rings. The molecule has 0 unspecified atom stereocenters. The van der Waals surface area contributed by atoms with Crippen LogP contribution in [-0.2, 0) is 9.31 Å². The third kappa shape index (κ3) is 5.41. The van der Waals surface area contributed by atoms with E-state index < -0.39 is 18.3 Å². The highest BCUT2D eigenvalue weighted by molar-refractivity contribution is 14.1. The molecule has 0 saturated carbocycles. The first-order valence-corrected chi connectivity index (χ1v) is 14.3. The molecule has 1 fully saturated rings. The first kappa shape index (κ1) is 28.4. The molecule has 0 spiro atoms. The van der Waals surface area contributed by atoms with Gasteiger partial charge in [0.2, 0.25) is 0 Å². The van der Waals surface area contributed by atoms with E-state index in [1.54, 1.807) is 58.1 Å². The minimum absolute atomic E-state index is 0.239. The SMILES string of the molecule is CC1(C)OB(c2cnn3cc(-c4ccc(F)cc4)cnc23)OC1(C)C.Fc1ccc(-c2cnc3c(I)cnn3c2)cc1. The second-order valence-electron chi connectivity index (χ2n) is 10.9. The number of fused-ring (bicyclic) bond motifs is 2. The third-order valence-electron chi connectivity index (χ3n) is 7.56. The molecule has 6 aromatic rings. The van der Waals surface area contributed by atoms with Crippen LogP contribution in [0.3, 0.4) is 0 Å². The van der Waals surface area contributed by atoms with Crippen molar-refractivity contribution in [1.82, 2.24) is 29.2 Å². The second-order valence-corrected chi connectivity index (χ2v) is 12.1. The minimum atomic E-state index is -0.508. The molecule has 0 bridgehead atoms. The molecule has 0 radical (unpaired) electrons. The molecule has 42 heavy (non-hydrogen) atoms. The smallest absolute Gasteiger partial charge is 0.399 e. The lowest BCUT2D eigenvalue weighted by Gasteiger charge is -2.32. The quantitative estimate of drug-likeness (QED) is 0.170. The molecule has 0 N–H and O–H groups in total. The molecule has 1 aliphatic heterocycles. The van der Waals surface area contributed by atoms with Crippen LogP contribution in [0.5, 0.6) is 0 Å². The van der Waals surface area contributed by atoms with Gasteiger partial charge in [-0.3, -0.25) is 0 Å². The Labute approximate surface area is 255 Å². The molecular weight excluding hydrogens is 652 g/mol. The standard InChI is InChI=1S/C18H19BFN3O2.C12H7FIN3/c1-17(2)18(3,4)25-19(24-17)15-10-22-23-11-13(9-21-16(15)23)12-5-7-14(20)8-6-12;13-10-3-1-8(2-4-10)9-5-15-12-11(14)6-16-17(12)7-9/h5-11H,1-4H3;1-7H. The summed E-state index contributed by atoms with van der Waals surface area (Å²) in [5.41, 5.74) is 5.05. The number of rotatable bonds is 3. The normalized spacial score (nSPS) is 15.6. The Morgan fingerprint density at radius 3 is 1.62 bits per heavy atom. The Balaban J connectivity index is 0.000000162. The van der Waals surface area contributed by atoms with Crippen LogP contribution < -0.4 is 5.46 Å². The van der Waals surface area contributed by atoms with E-state index in [0.29, 0.717) is 5.65 Å². The molecule has 5 heterocycles. The molecule has 12 heteroatoms. The maximum atomic E-state index is 13.1. The van der Waals surface area contributed by atoms with Crippen molar-refractivity contribution in [3.63, 3.8) is 0 Å². The fourth-order valence-electron chi connectivity index (χ4n) is 4.46. The summed E-state index contributed by atoms with van der Waals surface area (Å²) in [6.07, 6.45) is 10.8. The summed E-state index contributed by atoms with van der Waals surface area (Å²) in [5.74, 6) is -0.503. The molecule has 0 atom stereocenters. The van der Waals surface area contributed by atoms with Crippen molar-refractivity contribution >= 4 is 46.5 Å². The highest BCUT2D eigenvalue weighted by Gasteiger charge is 2.52. The number of aromatic nitrogens is 6. The van der Waals surface area contributed by atoms with Gasteiger partial charge in [0.05, 0.1) is 27.2 Å². The molecule has 8 nitrogen and oxygen atoms in total. The Bertz CT molecular complexity index is 1870. The lowest BCUT2D eigenvalue weighted by Crippen LogP contribution is -2.41. The highest BCUT2D eigenvalue weighted by Crippen LogP contribution is 2.36. The van der Waals surface area contributed by atoms with E-state index in [2.05, 4.69) is 42.8 Å². The predicted molar refractivity (Wildman–Crippen MR) is 165 cm³/mol. The molecule has 0 aliphatic carbocycles. The van der Waals surface area contributed by atoms with E-state index in [0.717, 1.165) is 36.9 Å². The van der Waals surface area contributed by atoms with Gasteiger partial charge < -0.3 is 9.31 Å². The van der Waals surface area contributed by atoms with Crippen molar-refractivity contribution in [2.45, 2.75) is 38.9 Å². The van der Waals surface area contributed by atoms with Gasteiger partial charge in [-0.2, -0.15) is 10.2 Å². The van der Waals surface area contributed by atoms with Crippen molar-refractivity contribution in [3.05, 3.63) is 101 Å². The van der Waals surface area contributed by atoms with E-state index in [9.17, 15) is 8.78 Å². The van der Waals surface area contributed by atoms with Gasteiger partial charge >= 0.3 is 7.12 Å². The van der Waals surface area contributed by atoms with Crippen LogP contribution in [0.25, 0.3) is 33.5 Å². The topological polar surface area (TPSA) is 78.8 Å². The van der Waals surface area contributed by atoms with Crippen LogP contribution in [0.4, 0.5) is 8.78 Å². The van der Waals surface area contributed by atoms with Crippen LogP contribution in [0.1, 0.15) is 27.7 Å². The maximum Gasteiger partial charge on any atom is 0.500 e. The van der Waals surface area contributed by atoms with Gasteiger partial charge in [0, 0.05) is 41.4 Å². The number of hydrogen-bond acceptors (Lipinski definition) is 6.